The largest absolute Gasteiger partial charge is 0.495 e. The quantitative estimate of drug-likeness (QED) is 0.749. The maximum Gasteiger partial charge on any atom is 0.314 e. The predicted molar refractivity (Wildman–Crippen MR) is 98.3 cm³/mol. The summed E-state index contributed by atoms with van der Waals surface area (Å²) in [5.41, 5.74) is 0.563. The van der Waals surface area contributed by atoms with Gasteiger partial charge < -0.3 is 20.1 Å². The van der Waals surface area contributed by atoms with Crippen molar-refractivity contribution in [1.82, 2.24) is 0 Å². The number of anilines is 2. The Morgan fingerprint density at radius 3 is 2.04 bits per heavy atom. The number of rotatable bonds is 4. The lowest BCUT2D eigenvalue weighted by Crippen LogP contribution is -2.29. The average Bonchev–Trinajstić information content (AvgIpc) is 2.59. The lowest BCUT2D eigenvalue weighted by Gasteiger charge is -2.13. The van der Waals surface area contributed by atoms with Gasteiger partial charge in [0.15, 0.2) is 0 Å². The van der Waals surface area contributed by atoms with Gasteiger partial charge in [0.1, 0.15) is 11.5 Å². The first-order valence-electron chi connectivity index (χ1n) is 6.84. The number of halogens is 3. The first-order valence-corrected chi connectivity index (χ1v) is 7.98. The molecule has 132 valence electrons. The van der Waals surface area contributed by atoms with Crippen molar-refractivity contribution in [3.63, 3.8) is 0 Å². The van der Waals surface area contributed by atoms with Gasteiger partial charge in [-0.15, -0.1) is 0 Å². The summed E-state index contributed by atoms with van der Waals surface area (Å²) in [5.74, 6) is -1.20. The van der Waals surface area contributed by atoms with Crippen molar-refractivity contribution in [2.24, 2.45) is 0 Å². The third kappa shape index (κ3) is 4.69. The van der Waals surface area contributed by atoms with Crippen LogP contribution in [0.5, 0.6) is 11.5 Å². The van der Waals surface area contributed by atoms with Crippen molar-refractivity contribution >= 4 is 58.0 Å². The maximum atomic E-state index is 12.1. The monoisotopic (exact) mass is 402 g/mol. The first-order chi connectivity index (χ1) is 11.8. The molecule has 0 saturated heterocycles. The minimum atomic E-state index is -0.909. The van der Waals surface area contributed by atoms with Crippen LogP contribution in [0.4, 0.5) is 11.4 Å². The third-order valence-corrected chi connectivity index (χ3v) is 4.14. The number of carbonyl (C=O) groups is 2. The van der Waals surface area contributed by atoms with Crippen LogP contribution >= 0.6 is 34.8 Å². The number of carbonyl (C=O) groups excluding carboxylic acids is 2. The molecule has 0 aliphatic rings. The fourth-order valence-electron chi connectivity index (χ4n) is 1.90. The predicted octanol–water partition coefficient (Wildman–Crippen LogP) is 4.24. The maximum absolute atomic E-state index is 12.1. The summed E-state index contributed by atoms with van der Waals surface area (Å²) in [6.45, 7) is 0. The molecule has 6 nitrogen and oxygen atoms in total. The van der Waals surface area contributed by atoms with Crippen molar-refractivity contribution in [2.45, 2.75) is 0 Å². The van der Waals surface area contributed by atoms with E-state index in [0.29, 0.717) is 21.5 Å². The van der Waals surface area contributed by atoms with Crippen LogP contribution in [0.2, 0.25) is 15.1 Å². The van der Waals surface area contributed by atoms with Crippen molar-refractivity contribution in [1.29, 1.82) is 0 Å². The van der Waals surface area contributed by atoms with Gasteiger partial charge in [-0.3, -0.25) is 9.59 Å². The fourth-order valence-corrected chi connectivity index (χ4v) is 2.43. The highest BCUT2D eigenvalue weighted by Gasteiger charge is 2.18. The van der Waals surface area contributed by atoms with Crippen LogP contribution in [-0.4, -0.2) is 26.0 Å². The van der Waals surface area contributed by atoms with Crippen molar-refractivity contribution in [2.75, 3.05) is 24.9 Å². The van der Waals surface area contributed by atoms with Crippen molar-refractivity contribution in [3.8, 4) is 11.5 Å². The number of ether oxygens (including phenoxy) is 2. The minimum Gasteiger partial charge on any atom is -0.495 e. The van der Waals surface area contributed by atoms with E-state index in [4.69, 9.17) is 44.3 Å². The fraction of sp³-hybridized carbons (Fsp3) is 0.125. The lowest BCUT2D eigenvalue weighted by molar-refractivity contribution is -0.133. The van der Waals surface area contributed by atoms with E-state index in [9.17, 15) is 9.59 Å². The Bertz CT molecular complexity index is 827. The molecule has 0 aliphatic carbocycles. The van der Waals surface area contributed by atoms with Crippen LogP contribution in [0.15, 0.2) is 30.3 Å². The van der Waals surface area contributed by atoms with E-state index in [0.717, 1.165) is 0 Å². The molecule has 0 heterocycles. The SMILES string of the molecule is COc1cc(NC(=O)C(=O)Nc2ccc(Cl)c(Cl)c2)c(OC)cc1Cl. The van der Waals surface area contributed by atoms with E-state index in [-0.39, 0.29) is 16.5 Å². The molecule has 0 spiro atoms. The van der Waals surface area contributed by atoms with Gasteiger partial charge in [0, 0.05) is 17.8 Å². The molecule has 0 fully saturated rings. The van der Waals surface area contributed by atoms with Gasteiger partial charge >= 0.3 is 11.8 Å². The molecule has 9 heteroatoms. The van der Waals surface area contributed by atoms with E-state index >= 15 is 0 Å². The zero-order valence-electron chi connectivity index (χ0n) is 13.2. The van der Waals surface area contributed by atoms with Gasteiger partial charge in [-0.25, -0.2) is 0 Å². The normalized spacial score (nSPS) is 10.1. The summed E-state index contributed by atoms with van der Waals surface area (Å²) in [4.78, 5) is 24.1. The highest BCUT2D eigenvalue weighted by atomic mass is 35.5. The molecule has 0 aromatic heterocycles. The summed E-state index contributed by atoms with van der Waals surface area (Å²) < 4.78 is 10.2. The Labute approximate surface area is 159 Å². The zero-order chi connectivity index (χ0) is 18.6. The molecule has 0 unspecified atom stereocenters. The summed E-state index contributed by atoms with van der Waals surface area (Å²) >= 11 is 17.7. The van der Waals surface area contributed by atoms with Gasteiger partial charge in [-0.2, -0.15) is 0 Å². The minimum absolute atomic E-state index is 0.234. The molecule has 0 radical (unpaired) electrons. The van der Waals surface area contributed by atoms with Crippen LogP contribution in [0.25, 0.3) is 0 Å². The number of hydrogen-bond donors (Lipinski definition) is 2. The topological polar surface area (TPSA) is 76.7 Å². The lowest BCUT2D eigenvalue weighted by atomic mass is 10.2. The Morgan fingerprint density at radius 2 is 1.44 bits per heavy atom. The van der Waals surface area contributed by atoms with Crippen molar-refractivity contribution < 1.29 is 19.1 Å². The van der Waals surface area contributed by atoms with Gasteiger partial charge in [0.25, 0.3) is 0 Å². The third-order valence-electron chi connectivity index (χ3n) is 3.11. The standard InChI is InChI=1S/C16H13Cl3N2O4/c1-24-13-7-12(14(25-2)6-11(13)19)21-16(23)15(22)20-8-3-4-9(17)10(18)5-8/h3-7H,1-2H3,(H,20,22)(H,21,23). The van der Waals surface area contributed by atoms with E-state index in [1.54, 1.807) is 0 Å². The molecule has 25 heavy (non-hydrogen) atoms. The van der Waals surface area contributed by atoms with Gasteiger partial charge in [0.05, 0.1) is 35.0 Å². The molecule has 2 rings (SSSR count). The van der Waals surface area contributed by atoms with E-state index in [1.165, 1.54) is 44.6 Å². The van der Waals surface area contributed by atoms with E-state index < -0.39 is 11.8 Å². The number of nitrogens with one attached hydrogen (secondary N) is 2. The highest BCUT2D eigenvalue weighted by Crippen LogP contribution is 2.35. The molecule has 0 atom stereocenters. The molecule has 2 amide bonds. The highest BCUT2D eigenvalue weighted by molar-refractivity contribution is 6.44. The second-order valence-electron chi connectivity index (χ2n) is 4.72. The van der Waals surface area contributed by atoms with Crippen molar-refractivity contribution in [3.05, 3.63) is 45.4 Å². The van der Waals surface area contributed by atoms with Crippen LogP contribution in [0, 0.1) is 0 Å². The molecular weight excluding hydrogens is 391 g/mol. The second kappa shape index (κ2) is 8.29. The number of amides is 2. The average molecular weight is 404 g/mol. The zero-order valence-corrected chi connectivity index (χ0v) is 15.4. The molecule has 2 N–H and O–H groups in total. The number of methoxy groups -OCH3 is 2. The van der Waals surface area contributed by atoms with E-state index in [1.807, 2.05) is 0 Å². The summed E-state index contributed by atoms with van der Waals surface area (Å²) in [5, 5.41) is 5.74. The van der Waals surface area contributed by atoms with Crippen LogP contribution in [0.3, 0.4) is 0 Å². The summed E-state index contributed by atoms with van der Waals surface area (Å²) in [6.07, 6.45) is 0. The first kappa shape index (κ1) is 19.2. The Morgan fingerprint density at radius 1 is 0.800 bits per heavy atom. The van der Waals surface area contributed by atoms with Gasteiger partial charge in [-0.1, -0.05) is 34.8 Å². The Kier molecular flexibility index (Phi) is 6.36. The van der Waals surface area contributed by atoms with Gasteiger partial charge in [-0.05, 0) is 18.2 Å². The Balaban J connectivity index is 2.15. The summed E-state index contributed by atoms with van der Waals surface area (Å²) in [7, 11) is 2.83. The van der Waals surface area contributed by atoms with E-state index in [2.05, 4.69) is 10.6 Å². The molecule has 0 bridgehead atoms. The molecule has 0 aliphatic heterocycles. The Hall–Kier alpha value is -2.15. The molecule has 2 aromatic carbocycles. The molecule has 0 saturated carbocycles. The van der Waals surface area contributed by atoms with Gasteiger partial charge in [0.2, 0.25) is 0 Å². The van der Waals surface area contributed by atoms with Crippen LogP contribution < -0.4 is 20.1 Å². The molecular formula is C16H13Cl3N2O4. The number of benzene rings is 2. The second-order valence-corrected chi connectivity index (χ2v) is 5.95. The smallest absolute Gasteiger partial charge is 0.314 e. The van der Waals surface area contributed by atoms with Crippen LogP contribution in [-0.2, 0) is 9.59 Å². The number of hydrogen-bond acceptors (Lipinski definition) is 4. The molecule has 2 aromatic rings. The summed E-state index contributed by atoms with van der Waals surface area (Å²) in [6, 6.07) is 7.37. The van der Waals surface area contributed by atoms with Crippen LogP contribution in [0.1, 0.15) is 0 Å².